The molecule has 4 aliphatic rings. The molecule has 25 heavy (non-hydrogen) atoms. The molecule has 2 nitrogen and oxygen atoms in total. The summed E-state index contributed by atoms with van der Waals surface area (Å²) in [7, 11) is 0. The fourth-order valence-electron chi connectivity index (χ4n) is 5.54. The Hall–Kier alpha value is -0.500. The van der Waals surface area contributed by atoms with E-state index in [9.17, 15) is 26.3 Å². The second-order valence-electron chi connectivity index (χ2n) is 8.65. The summed E-state index contributed by atoms with van der Waals surface area (Å²) in [4.78, 5) is 0. The zero-order valence-corrected chi connectivity index (χ0v) is 14.1. The van der Waals surface area contributed by atoms with Crippen LogP contribution in [0, 0.1) is 17.3 Å². The lowest BCUT2D eigenvalue weighted by Gasteiger charge is -2.50. The highest BCUT2D eigenvalue weighted by Gasteiger charge is 2.79. The van der Waals surface area contributed by atoms with Crippen molar-refractivity contribution >= 4 is 0 Å². The minimum atomic E-state index is -5.34. The van der Waals surface area contributed by atoms with Crippen LogP contribution in [0.3, 0.4) is 0 Å². The fraction of sp³-hybridized carbons (Fsp3) is 1.00. The molecule has 2 aliphatic heterocycles. The Morgan fingerprint density at radius 3 is 1.36 bits per heavy atom. The van der Waals surface area contributed by atoms with Crippen molar-refractivity contribution in [1.29, 1.82) is 0 Å². The minimum absolute atomic E-state index is 0.106. The van der Waals surface area contributed by atoms with E-state index in [-0.39, 0.29) is 38.5 Å². The van der Waals surface area contributed by atoms with E-state index in [1.54, 1.807) is 13.8 Å². The van der Waals surface area contributed by atoms with Crippen molar-refractivity contribution in [3.05, 3.63) is 0 Å². The summed E-state index contributed by atoms with van der Waals surface area (Å²) in [6, 6.07) is 0. The predicted octanol–water partition coefficient (Wildman–Crippen LogP) is 5.01. The van der Waals surface area contributed by atoms with Gasteiger partial charge in [-0.15, -0.1) is 0 Å². The molecule has 2 heterocycles. The van der Waals surface area contributed by atoms with Crippen molar-refractivity contribution < 1.29 is 35.8 Å². The molecule has 144 valence electrons. The smallest absolute Gasteiger partial charge is 0.366 e. The fourth-order valence-corrected chi connectivity index (χ4v) is 5.54. The minimum Gasteiger partial charge on any atom is -0.366 e. The van der Waals surface area contributed by atoms with Crippen LogP contribution in [0.4, 0.5) is 26.3 Å². The van der Waals surface area contributed by atoms with Crippen molar-refractivity contribution in [2.75, 3.05) is 0 Å². The van der Waals surface area contributed by atoms with Crippen LogP contribution in [0.1, 0.15) is 52.4 Å². The zero-order chi connectivity index (χ0) is 18.5. The van der Waals surface area contributed by atoms with Gasteiger partial charge in [0.2, 0.25) is 0 Å². The van der Waals surface area contributed by atoms with Gasteiger partial charge in [-0.2, -0.15) is 26.3 Å². The van der Waals surface area contributed by atoms with Gasteiger partial charge < -0.3 is 9.47 Å². The molecular weight excluding hydrogens is 350 g/mol. The highest BCUT2D eigenvalue weighted by atomic mass is 19.4. The Balaban J connectivity index is 1.72. The number of epoxide rings is 2. The summed E-state index contributed by atoms with van der Waals surface area (Å²) < 4.78 is 95.4. The predicted molar refractivity (Wildman–Crippen MR) is 75.8 cm³/mol. The molecule has 0 radical (unpaired) electrons. The van der Waals surface area contributed by atoms with Crippen LogP contribution >= 0.6 is 0 Å². The van der Waals surface area contributed by atoms with Gasteiger partial charge in [0.05, 0.1) is 23.4 Å². The van der Waals surface area contributed by atoms with E-state index >= 15 is 0 Å². The first-order valence-electron chi connectivity index (χ1n) is 8.82. The van der Waals surface area contributed by atoms with E-state index < -0.39 is 53.0 Å². The molecule has 0 bridgehead atoms. The van der Waals surface area contributed by atoms with E-state index in [4.69, 9.17) is 9.47 Å². The van der Waals surface area contributed by atoms with Crippen LogP contribution in [0.25, 0.3) is 0 Å². The van der Waals surface area contributed by atoms with Gasteiger partial charge in [0.15, 0.2) is 5.41 Å². The molecule has 0 aromatic rings. The van der Waals surface area contributed by atoms with E-state index in [1.165, 1.54) is 0 Å². The molecule has 8 heteroatoms. The van der Waals surface area contributed by atoms with Crippen molar-refractivity contribution in [3.63, 3.8) is 0 Å². The lowest BCUT2D eigenvalue weighted by atomic mass is 9.56. The maximum atomic E-state index is 14.1. The monoisotopic (exact) mass is 372 g/mol. The largest absolute Gasteiger partial charge is 0.403 e. The molecule has 2 saturated heterocycles. The number of hydrogen-bond acceptors (Lipinski definition) is 2. The van der Waals surface area contributed by atoms with E-state index in [2.05, 4.69) is 0 Å². The van der Waals surface area contributed by atoms with Crippen molar-refractivity contribution in [1.82, 2.24) is 0 Å². The molecule has 0 N–H and O–H groups in total. The number of ether oxygens (including phenoxy) is 2. The molecule has 0 spiro atoms. The maximum Gasteiger partial charge on any atom is 0.403 e. The Kier molecular flexibility index (Phi) is 3.47. The number of halogens is 6. The van der Waals surface area contributed by atoms with Gasteiger partial charge in [0, 0.05) is 0 Å². The van der Waals surface area contributed by atoms with Gasteiger partial charge in [-0.1, -0.05) is 0 Å². The summed E-state index contributed by atoms with van der Waals surface area (Å²) in [5.41, 5.74) is -4.71. The molecule has 2 saturated carbocycles. The summed E-state index contributed by atoms with van der Waals surface area (Å²) in [5, 5.41) is 0. The van der Waals surface area contributed by atoms with Crippen LogP contribution in [0.5, 0.6) is 0 Å². The lowest BCUT2D eigenvalue weighted by molar-refractivity contribution is -0.381. The van der Waals surface area contributed by atoms with Crippen LogP contribution in [-0.4, -0.2) is 35.8 Å². The van der Waals surface area contributed by atoms with Gasteiger partial charge in [-0.25, -0.2) is 0 Å². The molecule has 2 aliphatic carbocycles. The average Bonchev–Trinajstić information content (AvgIpc) is 3.29. The van der Waals surface area contributed by atoms with E-state index in [1.807, 2.05) is 0 Å². The van der Waals surface area contributed by atoms with Crippen LogP contribution < -0.4 is 0 Å². The first-order chi connectivity index (χ1) is 11.3. The number of rotatable bonds is 2. The molecule has 4 fully saturated rings. The normalized spacial score (nSPS) is 47.0. The zero-order valence-electron chi connectivity index (χ0n) is 14.1. The van der Waals surface area contributed by atoms with Crippen molar-refractivity contribution in [2.24, 2.45) is 17.3 Å². The van der Waals surface area contributed by atoms with E-state index in [0.717, 1.165) is 0 Å². The highest BCUT2D eigenvalue weighted by Crippen LogP contribution is 2.68. The first kappa shape index (κ1) is 17.9. The standard InChI is InChI=1S/C17H22F6O2/c1-13-5-3-9(7-11(13)24-13)15(16(18,19)20,17(21,22)23)10-4-6-14(2)12(8-10)25-14/h9-12H,3-8H2,1-2H3. The van der Waals surface area contributed by atoms with Gasteiger partial charge >= 0.3 is 12.4 Å². The van der Waals surface area contributed by atoms with Gasteiger partial charge in [0.25, 0.3) is 0 Å². The lowest BCUT2D eigenvalue weighted by Crippen LogP contribution is -2.61. The maximum absolute atomic E-state index is 14.1. The van der Waals surface area contributed by atoms with Crippen LogP contribution in [0.15, 0.2) is 0 Å². The third kappa shape index (κ3) is 2.38. The second kappa shape index (κ2) is 4.86. The molecule has 0 aromatic carbocycles. The molecular formula is C17H22F6O2. The first-order valence-corrected chi connectivity index (χ1v) is 8.82. The number of hydrogen-bond donors (Lipinski definition) is 0. The van der Waals surface area contributed by atoms with Gasteiger partial charge in [-0.3, -0.25) is 0 Å². The van der Waals surface area contributed by atoms with Crippen molar-refractivity contribution in [2.45, 2.75) is 88.1 Å². The quantitative estimate of drug-likeness (QED) is 0.503. The third-order valence-electron chi connectivity index (χ3n) is 7.27. The Morgan fingerprint density at radius 2 is 1.08 bits per heavy atom. The van der Waals surface area contributed by atoms with Gasteiger partial charge in [-0.05, 0) is 64.2 Å². The topological polar surface area (TPSA) is 25.1 Å². The SMILES string of the molecule is CC12CCC(C(C3CCC4(C)OC4C3)(C(F)(F)F)C(F)(F)F)CC1O2. The Bertz CT molecular complexity index is 522. The summed E-state index contributed by atoms with van der Waals surface area (Å²) in [6.45, 7) is 3.53. The third-order valence-corrected chi connectivity index (χ3v) is 7.27. The molecule has 0 amide bonds. The van der Waals surface area contributed by atoms with Crippen molar-refractivity contribution in [3.8, 4) is 0 Å². The highest BCUT2D eigenvalue weighted by molar-refractivity contribution is 5.14. The molecule has 4 rings (SSSR count). The van der Waals surface area contributed by atoms with Gasteiger partial charge in [0.1, 0.15) is 0 Å². The van der Waals surface area contributed by atoms with Crippen LogP contribution in [0.2, 0.25) is 0 Å². The van der Waals surface area contributed by atoms with E-state index in [0.29, 0.717) is 0 Å². The Morgan fingerprint density at radius 1 is 0.720 bits per heavy atom. The Labute approximate surface area is 142 Å². The molecule has 6 unspecified atom stereocenters. The summed E-state index contributed by atoms with van der Waals surface area (Å²) in [6.07, 6.45) is -11.7. The number of alkyl halides is 6. The molecule has 0 aromatic heterocycles. The number of fused-ring (bicyclic) bond motifs is 2. The average molecular weight is 372 g/mol. The van der Waals surface area contributed by atoms with Crippen LogP contribution in [-0.2, 0) is 9.47 Å². The molecule has 6 atom stereocenters. The summed E-state index contributed by atoms with van der Waals surface area (Å²) >= 11 is 0. The summed E-state index contributed by atoms with van der Waals surface area (Å²) in [5.74, 6) is -2.97. The second-order valence-corrected chi connectivity index (χ2v) is 8.65.